The number of aromatic nitrogens is 2. The molecule has 1 aliphatic carbocycles. The number of fused-ring (bicyclic) bond motifs is 1. The van der Waals surface area contributed by atoms with E-state index in [2.05, 4.69) is 0 Å². The van der Waals surface area contributed by atoms with Gasteiger partial charge in [0.2, 0.25) is 5.91 Å². The van der Waals surface area contributed by atoms with E-state index >= 15 is 0 Å². The summed E-state index contributed by atoms with van der Waals surface area (Å²) in [6, 6.07) is 12.3. The van der Waals surface area contributed by atoms with E-state index in [1.54, 1.807) is 23.8 Å². The molecule has 1 aliphatic rings. The Balaban J connectivity index is 1.91. The number of aryl methyl sites for hydroxylation is 1. The molecule has 6 nitrogen and oxygen atoms in total. The SMILES string of the molecule is COCCN(C(=O)C1CCC1)C(C)c1nc2ccccc2c(=O)n1-c1ccc(Cl)cc1C. The van der Waals surface area contributed by atoms with Gasteiger partial charge in [-0.15, -0.1) is 0 Å². The fraction of sp³-hybridized carbons (Fsp3) is 0.400. The molecule has 1 amide bonds. The highest BCUT2D eigenvalue weighted by Crippen LogP contribution is 2.32. The summed E-state index contributed by atoms with van der Waals surface area (Å²) in [4.78, 5) is 33.6. The van der Waals surface area contributed by atoms with Crippen LogP contribution in [-0.4, -0.2) is 40.6 Å². The fourth-order valence-electron chi connectivity index (χ4n) is 4.25. The van der Waals surface area contributed by atoms with Gasteiger partial charge in [0.25, 0.3) is 5.56 Å². The molecule has 1 saturated carbocycles. The molecule has 0 bridgehead atoms. The van der Waals surface area contributed by atoms with Gasteiger partial charge >= 0.3 is 0 Å². The van der Waals surface area contributed by atoms with Crippen LogP contribution in [-0.2, 0) is 9.53 Å². The van der Waals surface area contributed by atoms with Crippen LogP contribution in [0.2, 0.25) is 5.02 Å². The minimum Gasteiger partial charge on any atom is -0.383 e. The first-order valence-corrected chi connectivity index (χ1v) is 11.4. The van der Waals surface area contributed by atoms with E-state index in [9.17, 15) is 9.59 Å². The molecule has 1 aromatic heterocycles. The summed E-state index contributed by atoms with van der Waals surface area (Å²) in [5.74, 6) is 0.665. The van der Waals surface area contributed by atoms with Gasteiger partial charge < -0.3 is 9.64 Å². The van der Waals surface area contributed by atoms with Crippen molar-refractivity contribution in [2.24, 2.45) is 5.92 Å². The number of hydrogen-bond acceptors (Lipinski definition) is 4. The molecule has 32 heavy (non-hydrogen) atoms. The Morgan fingerprint density at radius 1 is 1.28 bits per heavy atom. The maximum Gasteiger partial charge on any atom is 0.266 e. The van der Waals surface area contributed by atoms with E-state index in [4.69, 9.17) is 21.3 Å². The van der Waals surface area contributed by atoms with Gasteiger partial charge in [-0.05, 0) is 62.6 Å². The summed E-state index contributed by atoms with van der Waals surface area (Å²) in [6.45, 7) is 4.71. The number of hydrogen-bond donors (Lipinski definition) is 0. The van der Waals surface area contributed by atoms with Crippen LogP contribution in [0.5, 0.6) is 0 Å². The molecular formula is C25H28ClN3O3. The Bertz CT molecular complexity index is 1200. The van der Waals surface area contributed by atoms with Crippen LogP contribution in [0.3, 0.4) is 0 Å². The summed E-state index contributed by atoms with van der Waals surface area (Å²) in [6.07, 6.45) is 2.89. The van der Waals surface area contributed by atoms with E-state index in [1.807, 2.05) is 49.1 Å². The minimum atomic E-state index is -0.411. The van der Waals surface area contributed by atoms with Crippen LogP contribution < -0.4 is 5.56 Å². The normalized spacial score (nSPS) is 14.9. The largest absolute Gasteiger partial charge is 0.383 e. The third kappa shape index (κ3) is 4.17. The van der Waals surface area contributed by atoms with Gasteiger partial charge in [0.05, 0.1) is 29.2 Å². The van der Waals surface area contributed by atoms with E-state index in [-0.39, 0.29) is 17.4 Å². The van der Waals surface area contributed by atoms with E-state index in [0.717, 1.165) is 24.8 Å². The van der Waals surface area contributed by atoms with Gasteiger partial charge in [-0.3, -0.25) is 14.2 Å². The Hall–Kier alpha value is -2.70. The number of benzene rings is 2. The van der Waals surface area contributed by atoms with E-state index < -0.39 is 6.04 Å². The van der Waals surface area contributed by atoms with Gasteiger partial charge in [-0.1, -0.05) is 30.2 Å². The molecule has 2 aromatic carbocycles. The average molecular weight is 454 g/mol. The highest BCUT2D eigenvalue weighted by atomic mass is 35.5. The molecule has 168 valence electrons. The number of ether oxygens (including phenoxy) is 1. The number of halogens is 1. The number of methoxy groups -OCH3 is 1. The molecule has 0 saturated heterocycles. The number of amides is 1. The molecule has 1 unspecified atom stereocenters. The van der Waals surface area contributed by atoms with Crippen LogP contribution in [0.4, 0.5) is 0 Å². The van der Waals surface area contributed by atoms with Crippen LogP contribution >= 0.6 is 11.6 Å². The Labute approximate surface area is 192 Å². The number of para-hydroxylation sites is 1. The summed E-state index contributed by atoms with van der Waals surface area (Å²) in [5, 5.41) is 1.14. The molecule has 1 fully saturated rings. The van der Waals surface area contributed by atoms with E-state index in [1.165, 1.54) is 0 Å². The van der Waals surface area contributed by atoms with Crippen molar-refractivity contribution >= 4 is 28.4 Å². The molecule has 4 rings (SSSR count). The quantitative estimate of drug-likeness (QED) is 0.520. The predicted octanol–water partition coefficient (Wildman–Crippen LogP) is 4.68. The van der Waals surface area contributed by atoms with Crippen LogP contribution in [0.15, 0.2) is 47.3 Å². The molecule has 1 atom stereocenters. The summed E-state index contributed by atoms with van der Waals surface area (Å²) in [7, 11) is 1.62. The fourth-order valence-corrected chi connectivity index (χ4v) is 4.47. The zero-order valence-corrected chi connectivity index (χ0v) is 19.4. The number of nitrogens with zero attached hydrogens (tertiary/aromatic N) is 3. The van der Waals surface area contributed by atoms with Gasteiger partial charge in [0.1, 0.15) is 5.82 Å². The number of carbonyl (C=O) groups is 1. The van der Waals surface area contributed by atoms with Crippen molar-refractivity contribution in [3.8, 4) is 5.69 Å². The van der Waals surface area contributed by atoms with E-state index in [0.29, 0.717) is 40.6 Å². The highest BCUT2D eigenvalue weighted by molar-refractivity contribution is 6.30. The second-order valence-corrected chi connectivity index (χ2v) is 8.82. The number of carbonyl (C=O) groups excluding carboxylic acids is 1. The lowest BCUT2D eigenvalue weighted by Gasteiger charge is -2.36. The van der Waals surface area contributed by atoms with Crippen molar-refractivity contribution in [2.75, 3.05) is 20.3 Å². The Morgan fingerprint density at radius 2 is 2.03 bits per heavy atom. The van der Waals surface area contributed by atoms with Crippen LogP contribution in [0, 0.1) is 12.8 Å². The second-order valence-electron chi connectivity index (χ2n) is 8.39. The van der Waals surface area contributed by atoms with Gasteiger partial charge in [-0.2, -0.15) is 0 Å². The van der Waals surface area contributed by atoms with Gasteiger partial charge in [0.15, 0.2) is 0 Å². The maximum atomic E-state index is 13.7. The summed E-state index contributed by atoms with van der Waals surface area (Å²) in [5.41, 5.74) is 2.02. The molecule has 0 spiro atoms. The van der Waals surface area contributed by atoms with Crippen LogP contribution in [0.25, 0.3) is 16.6 Å². The lowest BCUT2D eigenvalue weighted by atomic mass is 9.84. The van der Waals surface area contributed by atoms with Crippen molar-refractivity contribution < 1.29 is 9.53 Å². The summed E-state index contributed by atoms with van der Waals surface area (Å²) >= 11 is 6.18. The lowest BCUT2D eigenvalue weighted by Crippen LogP contribution is -2.43. The Kier molecular flexibility index (Phi) is 6.63. The molecular weight excluding hydrogens is 426 g/mol. The molecule has 0 N–H and O–H groups in total. The van der Waals surface area contributed by atoms with Gasteiger partial charge in [0, 0.05) is 24.6 Å². The maximum absolute atomic E-state index is 13.7. The molecule has 3 aromatic rings. The predicted molar refractivity (Wildman–Crippen MR) is 126 cm³/mol. The highest BCUT2D eigenvalue weighted by Gasteiger charge is 2.34. The zero-order chi connectivity index (χ0) is 22.8. The minimum absolute atomic E-state index is 0.0344. The van der Waals surface area contributed by atoms with Crippen molar-refractivity contribution in [3.63, 3.8) is 0 Å². The molecule has 1 heterocycles. The standard InChI is InChI=1S/C25H28ClN3O3/c1-16-15-19(26)11-12-22(16)29-23(27-21-10-5-4-9-20(21)25(29)31)17(2)28(13-14-32-3)24(30)18-7-6-8-18/h4-5,9-12,15,17-18H,6-8,13-14H2,1-3H3. The average Bonchev–Trinajstić information content (AvgIpc) is 2.73. The molecule has 0 radical (unpaired) electrons. The van der Waals surface area contributed by atoms with Crippen molar-refractivity contribution in [2.45, 2.75) is 39.2 Å². The van der Waals surface area contributed by atoms with Crippen molar-refractivity contribution in [1.29, 1.82) is 0 Å². The smallest absolute Gasteiger partial charge is 0.266 e. The van der Waals surface area contributed by atoms with Crippen LogP contribution in [0.1, 0.15) is 43.6 Å². The topological polar surface area (TPSA) is 64.4 Å². The molecule has 7 heteroatoms. The van der Waals surface area contributed by atoms with Crippen molar-refractivity contribution in [3.05, 3.63) is 69.2 Å². The third-order valence-electron chi connectivity index (χ3n) is 6.32. The molecule has 0 aliphatic heterocycles. The monoisotopic (exact) mass is 453 g/mol. The first kappa shape index (κ1) is 22.5. The number of rotatable bonds is 7. The van der Waals surface area contributed by atoms with Crippen molar-refractivity contribution in [1.82, 2.24) is 14.5 Å². The first-order chi connectivity index (χ1) is 15.4. The third-order valence-corrected chi connectivity index (χ3v) is 6.55. The first-order valence-electron chi connectivity index (χ1n) is 11.0. The second kappa shape index (κ2) is 9.43. The zero-order valence-electron chi connectivity index (χ0n) is 18.7. The lowest BCUT2D eigenvalue weighted by molar-refractivity contribution is -0.141. The summed E-state index contributed by atoms with van der Waals surface area (Å²) < 4.78 is 6.92. The Morgan fingerprint density at radius 3 is 2.69 bits per heavy atom. The van der Waals surface area contributed by atoms with Gasteiger partial charge in [-0.25, -0.2) is 4.98 Å².